The zero-order chi connectivity index (χ0) is 15.1. The van der Waals surface area contributed by atoms with Gasteiger partial charge in [-0.25, -0.2) is 0 Å². The Bertz CT molecular complexity index is 441. The number of aryl methyl sites for hydroxylation is 1. The van der Waals surface area contributed by atoms with E-state index >= 15 is 0 Å². The zero-order valence-electron chi connectivity index (χ0n) is 13.7. The van der Waals surface area contributed by atoms with Gasteiger partial charge in [-0.3, -0.25) is 4.79 Å². The Morgan fingerprint density at radius 2 is 2.09 bits per heavy atom. The quantitative estimate of drug-likeness (QED) is 0.842. The van der Waals surface area contributed by atoms with E-state index in [1.54, 1.807) is 0 Å². The van der Waals surface area contributed by atoms with E-state index in [2.05, 4.69) is 48.7 Å². The first-order valence-electron chi connectivity index (χ1n) is 8.23. The molecular formula is C18H29ClN2O. The number of carbonyl (C=O) groups excluding carboxylic acids is 1. The molecule has 2 N–H and O–H groups in total. The summed E-state index contributed by atoms with van der Waals surface area (Å²) in [5, 5.41) is 6.51. The van der Waals surface area contributed by atoms with E-state index in [9.17, 15) is 4.79 Å². The van der Waals surface area contributed by atoms with E-state index < -0.39 is 0 Å². The van der Waals surface area contributed by atoms with Crippen molar-refractivity contribution in [3.05, 3.63) is 35.4 Å². The number of benzene rings is 1. The second-order valence-electron chi connectivity index (χ2n) is 6.24. The van der Waals surface area contributed by atoms with Gasteiger partial charge < -0.3 is 10.6 Å². The predicted molar refractivity (Wildman–Crippen MR) is 94.7 cm³/mol. The highest BCUT2D eigenvalue weighted by atomic mass is 35.5. The van der Waals surface area contributed by atoms with Gasteiger partial charge in [0.05, 0.1) is 0 Å². The number of piperidine rings is 1. The molecule has 22 heavy (non-hydrogen) atoms. The fraction of sp³-hybridized carbons (Fsp3) is 0.611. The molecule has 0 saturated carbocycles. The lowest BCUT2D eigenvalue weighted by molar-refractivity contribution is -0.121. The van der Waals surface area contributed by atoms with Gasteiger partial charge in [-0.1, -0.05) is 36.8 Å². The average Bonchev–Trinajstić information content (AvgIpc) is 2.52. The summed E-state index contributed by atoms with van der Waals surface area (Å²) >= 11 is 0. The van der Waals surface area contributed by atoms with Gasteiger partial charge in [-0.2, -0.15) is 0 Å². The van der Waals surface area contributed by atoms with Crippen molar-refractivity contribution < 1.29 is 4.79 Å². The van der Waals surface area contributed by atoms with Crippen LogP contribution in [0.25, 0.3) is 0 Å². The SMILES string of the molecule is CCC(CC(=O)NCC1CCCNC1)c1ccc(C)cc1.Cl. The third-order valence-corrected chi connectivity index (χ3v) is 4.46. The first-order chi connectivity index (χ1) is 10.2. The molecule has 1 aliphatic heterocycles. The van der Waals surface area contributed by atoms with E-state index in [4.69, 9.17) is 0 Å². The van der Waals surface area contributed by atoms with Crippen molar-refractivity contribution in [3.63, 3.8) is 0 Å². The summed E-state index contributed by atoms with van der Waals surface area (Å²) in [5.41, 5.74) is 2.54. The van der Waals surface area contributed by atoms with Crippen LogP contribution >= 0.6 is 12.4 Å². The van der Waals surface area contributed by atoms with Gasteiger partial charge >= 0.3 is 0 Å². The van der Waals surface area contributed by atoms with Crippen molar-refractivity contribution in [2.75, 3.05) is 19.6 Å². The lowest BCUT2D eigenvalue weighted by Gasteiger charge is -2.23. The summed E-state index contributed by atoms with van der Waals surface area (Å²) in [6, 6.07) is 8.57. The van der Waals surface area contributed by atoms with Gasteiger partial charge in [0.25, 0.3) is 0 Å². The van der Waals surface area contributed by atoms with Crippen LogP contribution in [0.5, 0.6) is 0 Å². The van der Waals surface area contributed by atoms with Crippen molar-refractivity contribution >= 4 is 18.3 Å². The molecule has 1 aliphatic rings. The summed E-state index contributed by atoms with van der Waals surface area (Å²) in [4.78, 5) is 12.2. The van der Waals surface area contributed by atoms with Crippen LogP contribution in [0.2, 0.25) is 0 Å². The van der Waals surface area contributed by atoms with Gasteiger partial charge in [0.15, 0.2) is 0 Å². The molecule has 1 heterocycles. The first kappa shape index (κ1) is 19.0. The Balaban J connectivity index is 0.00000242. The molecule has 0 aliphatic carbocycles. The van der Waals surface area contributed by atoms with Crippen molar-refractivity contribution in [1.29, 1.82) is 0 Å². The molecular weight excluding hydrogens is 296 g/mol. The topological polar surface area (TPSA) is 41.1 Å². The molecule has 2 atom stereocenters. The largest absolute Gasteiger partial charge is 0.356 e. The van der Waals surface area contributed by atoms with Crippen LogP contribution in [-0.4, -0.2) is 25.5 Å². The van der Waals surface area contributed by atoms with E-state index in [0.717, 1.165) is 26.1 Å². The maximum atomic E-state index is 12.2. The molecule has 2 rings (SSSR count). The first-order valence-corrected chi connectivity index (χ1v) is 8.23. The van der Waals surface area contributed by atoms with E-state index in [-0.39, 0.29) is 18.3 Å². The molecule has 0 spiro atoms. The molecule has 0 radical (unpaired) electrons. The Hall–Kier alpha value is -1.06. The highest BCUT2D eigenvalue weighted by Gasteiger charge is 2.17. The second kappa shape index (κ2) is 9.86. The summed E-state index contributed by atoms with van der Waals surface area (Å²) in [6.45, 7) is 7.22. The third-order valence-electron chi connectivity index (χ3n) is 4.46. The number of carbonyl (C=O) groups is 1. The van der Waals surface area contributed by atoms with E-state index in [1.165, 1.54) is 24.0 Å². The summed E-state index contributed by atoms with van der Waals surface area (Å²) < 4.78 is 0. The van der Waals surface area contributed by atoms with Crippen LogP contribution in [0.4, 0.5) is 0 Å². The Morgan fingerprint density at radius 1 is 1.36 bits per heavy atom. The van der Waals surface area contributed by atoms with Crippen molar-refractivity contribution in [1.82, 2.24) is 10.6 Å². The lowest BCUT2D eigenvalue weighted by atomic mass is 9.92. The highest BCUT2D eigenvalue weighted by Crippen LogP contribution is 2.23. The number of nitrogens with one attached hydrogen (secondary N) is 2. The maximum Gasteiger partial charge on any atom is 0.220 e. The Kier molecular flexibility index (Phi) is 8.51. The van der Waals surface area contributed by atoms with Crippen molar-refractivity contribution in [3.8, 4) is 0 Å². The van der Waals surface area contributed by atoms with Crippen molar-refractivity contribution in [2.24, 2.45) is 5.92 Å². The second-order valence-corrected chi connectivity index (χ2v) is 6.24. The minimum Gasteiger partial charge on any atom is -0.356 e. The van der Waals surface area contributed by atoms with Crippen LogP contribution in [0.15, 0.2) is 24.3 Å². The van der Waals surface area contributed by atoms with Crippen LogP contribution in [0.3, 0.4) is 0 Å². The highest BCUT2D eigenvalue weighted by molar-refractivity contribution is 5.85. The Morgan fingerprint density at radius 3 is 2.68 bits per heavy atom. The third kappa shape index (κ3) is 5.98. The number of halogens is 1. The summed E-state index contributed by atoms with van der Waals surface area (Å²) in [7, 11) is 0. The minimum atomic E-state index is 0. The number of amides is 1. The molecule has 3 nitrogen and oxygen atoms in total. The molecule has 1 fully saturated rings. The van der Waals surface area contributed by atoms with Crippen LogP contribution in [0.1, 0.15) is 49.7 Å². The van der Waals surface area contributed by atoms with Gasteiger partial charge in [0, 0.05) is 13.0 Å². The zero-order valence-corrected chi connectivity index (χ0v) is 14.5. The standard InChI is InChI=1S/C18H28N2O.ClH/c1-3-16(17-8-6-14(2)7-9-17)11-18(21)20-13-15-5-4-10-19-12-15;/h6-9,15-16,19H,3-5,10-13H2,1-2H3,(H,20,21);1H. The summed E-state index contributed by atoms with van der Waals surface area (Å²) in [5.74, 6) is 1.12. The van der Waals surface area contributed by atoms with Gasteiger partial charge in [0.1, 0.15) is 0 Å². The Labute approximate surface area is 140 Å². The van der Waals surface area contributed by atoms with Gasteiger partial charge in [0.2, 0.25) is 5.91 Å². The normalized spacial score (nSPS) is 19.1. The molecule has 4 heteroatoms. The minimum absolute atomic E-state index is 0. The number of rotatable bonds is 6. The van der Waals surface area contributed by atoms with E-state index in [1.807, 2.05) is 0 Å². The molecule has 1 aromatic carbocycles. The van der Waals surface area contributed by atoms with Crippen LogP contribution in [0, 0.1) is 12.8 Å². The number of hydrogen-bond acceptors (Lipinski definition) is 2. The maximum absolute atomic E-state index is 12.2. The average molecular weight is 325 g/mol. The fourth-order valence-electron chi connectivity index (χ4n) is 2.99. The molecule has 0 aromatic heterocycles. The van der Waals surface area contributed by atoms with E-state index in [0.29, 0.717) is 18.3 Å². The lowest BCUT2D eigenvalue weighted by Crippen LogP contribution is -2.38. The molecule has 2 unspecified atom stereocenters. The molecule has 0 bridgehead atoms. The van der Waals surface area contributed by atoms with Gasteiger partial charge in [-0.05, 0) is 56.7 Å². The molecule has 1 saturated heterocycles. The monoisotopic (exact) mass is 324 g/mol. The fourth-order valence-corrected chi connectivity index (χ4v) is 2.99. The predicted octanol–water partition coefficient (Wildman–Crippen LogP) is 3.42. The van der Waals surface area contributed by atoms with Gasteiger partial charge in [-0.15, -0.1) is 12.4 Å². The molecule has 124 valence electrons. The van der Waals surface area contributed by atoms with Crippen molar-refractivity contribution in [2.45, 2.75) is 45.4 Å². The molecule has 1 amide bonds. The number of hydrogen-bond donors (Lipinski definition) is 2. The smallest absolute Gasteiger partial charge is 0.220 e. The van der Waals surface area contributed by atoms with Crippen LogP contribution < -0.4 is 10.6 Å². The summed E-state index contributed by atoms with van der Waals surface area (Å²) in [6.07, 6.45) is 4.05. The molecule has 1 aromatic rings. The van der Waals surface area contributed by atoms with Crippen LogP contribution in [-0.2, 0) is 4.79 Å².